The summed E-state index contributed by atoms with van der Waals surface area (Å²) in [4.78, 5) is 104. The minimum absolute atomic E-state index is 0.00329. The third-order valence-electron chi connectivity index (χ3n) is 31.0. The van der Waals surface area contributed by atoms with Crippen LogP contribution in [0.1, 0.15) is 485 Å². The molecule has 5 aliphatic rings. The quantitative estimate of drug-likeness (QED) is 0.0481. The topological polar surface area (TPSA) is 208 Å². The van der Waals surface area contributed by atoms with Crippen LogP contribution in [0, 0.1) is 6.92 Å². The van der Waals surface area contributed by atoms with Gasteiger partial charge in [0.2, 0.25) is 47.6 Å². The molecule has 5 fully saturated rings. The Morgan fingerprint density at radius 1 is 0.208 bits per heavy atom. The maximum absolute atomic E-state index is 6.64. The number of hydroxylamine groups is 10. The molecule has 0 saturated carbocycles. The van der Waals surface area contributed by atoms with Gasteiger partial charge in [0.25, 0.3) is 0 Å². The van der Waals surface area contributed by atoms with Crippen LogP contribution >= 0.6 is 0 Å². The molecule has 28 heteroatoms. The summed E-state index contributed by atoms with van der Waals surface area (Å²) in [5, 5.41) is 11.5. The van der Waals surface area contributed by atoms with Crippen LogP contribution in [0.4, 0.5) is 47.6 Å². The Bertz CT molecular complexity index is 3900. The SMILES string of the molecule is CCCCN(C)c1nc(N(CCCC)CCCC)nc(N(CCCCCCN(C)C2CC(C)(C)N(OCCC)C(C)(C)C2)C2CC(C)(C)N(OCCC)C(C)(C)C2)n1.CCCCN(CCCC)c1nc(N(CCCC)CCCC)nc(N(CCCCCCN(c2nc(C)nc(N(CCCC)C3CC(C)(C)N(OCCC)C(C)(C)C3)n2)C2CC(C)(C)N(OCCC)C(C)(C)C2)C2CC(C)(C)N(OCCC)C(C)(C)C2)n1. The van der Waals surface area contributed by atoms with Crippen LogP contribution in [0.25, 0.3) is 0 Å². The van der Waals surface area contributed by atoms with Gasteiger partial charge in [0.1, 0.15) is 5.82 Å². The third-order valence-corrected chi connectivity index (χ3v) is 31.0. The fourth-order valence-electron chi connectivity index (χ4n) is 24.9. The zero-order chi connectivity index (χ0) is 107. The molecule has 3 aromatic rings. The highest BCUT2D eigenvalue weighted by molar-refractivity contribution is 5.50. The molecular formula is C116H225N23O5. The smallest absolute Gasteiger partial charge is 0.232 e. The Morgan fingerprint density at radius 2 is 0.389 bits per heavy atom. The molecule has 5 aliphatic heterocycles. The number of hydrogen-bond donors (Lipinski definition) is 0. The molecule has 8 rings (SSSR count). The van der Waals surface area contributed by atoms with Crippen molar-refractivity contribution in [2.75, 3.05) is 165 Å². The monoisotopic (exact) mass is 2020 g/mol. The van der Waals surface area contributed by atoms with Gasteiger partial charge in [-0.05, 0) is 332 Å². The maximum atomic E-state index is 6.64. The van der Waals surface area contributed by atoms with Crippen LogP contribution in [0.5, 0.6) is 0 Å². The number of hydrogen-bond acceptors (Lipinski definition) is 28. The van der Waals surface area contributed by atoms with Crippen LogP contribution in [-0.4, -0.2) is 286 Å². The van der Waals surface area contributed by atoms with Gasteiger partial charge in [-0.15, -0.1) is 0 Å². The van der Waals surface area contributed by atoms with Crippen molar-refractivity contribution in [1.29, 1.82) is 0 Å². The summed E-state index contributed by atoms with van der Waals surface area (Å²) in [6.07, 6.45) is 41.7. The van der Waals surface area contributed by atoms with Gasteiger partial charge in [-0.3, -0.25) is 24.2 Å². The van der Waals surface area contributed by atoms with E-state index >= 15 is 0 Å². The van der Waals surface area contributed by atoms with Gasteiger partial charge < -0.3 is 44.1 Å². The summed E-state index contributed by atoms with van der Waals surface area (Å²) in [5.74, 6) is 7.40. The van der Waals surface area contributed by atoms with Crippen molar-refractivity contribution in [2.24, 2.45) is 0 Å². The minimum atomic E-state index is -0.214. The molecule has 0 atom stereocenters. The number of piperidine rings is 5. The summed E-state index contributed by atoms with van der Waals surface area (Å²) >= 11 is 0. The Morgan fingerprint density at radius 3 is 0.625 bits per heavy atom. The molecule has 0 radical (unpaired) electrons. The van der Waals surface area contributed by atoms with Crippen LogP contribution in [-0.2, 0) is 24.2 Å². The van der Waals surface area contributed by atoms with E-state index < -0.39 is 0 Å². The molecule has 28 nitrogen and oxygen atoms in total. The van der Waals surface area contributed by atoms with E-state index in [9.17, 15) is 0 Å². The van der Waals surface area contributed by atoms with E-state index in [1.54, 1.807) is 0 Å². The molecule has 0 aliphatic carbocycles. The second-order valence-electron chi connectivity index (χ2n) is 50.3. The number of unbranched alkanes of at least 4 members (excludes halogenated alkanes) is 14. The molecule has 0 amide bonds. The van der Waals surface area contributed by atoms with E-state index in [2.05, 4.69) is 319 Å². The third kappa shape index (κ3) is 36.6. The van der Waals surface area contributed by atoms with Crippen molar-refractivity contribution < 1.29 is 24.2 Å². The van der Waals surface area contributed by atoms with Gasteiger partial charge >= 0.3 is 0 Å². The lowest BCUT2D eigenvalue weighted by molar-refractivity contribution is -0.287. The Balaban J connectivity index is 0.000000422. The lowest BCUT2D eigenvalue weighted by atomic mass is 9.78. The Labute approximate surface area is 884 Å². The number of anilines is 8. The van der Waals surface area contributed by atoms with E-state index in [0.29, 0.717) is 12.6 Å². The van der Waals surface area contributed by atoms with Gasteiger partial charge in [-0.25, -0.2) is 0 Å². The van der Waals surface area contributed by atoms with E-state index in [4.69, 9.17) is 69.0 Å². The van der Waals surface area contributed by atoms with Gasteiger partial charge in [-0.1, -0.05) is 167 Å². The Kier molecular flexibility index (Phi) is 51.8. The maximum Gasteiger partial charge on any atom is 0.232 e. The standard InChI is InChI=1S/C69H132N14O3.C47H93N9O2/c1-22-30-39-76(40-31-23-2)59-72-60(77(41-32-24-3)42-33-25-4)74-63(73-59)80(58-53-68(18,19)83(86-48-29-8)69(20,21)54-58)45-38-36-35-37-44-79(57-51-66(14,15)82(85-47-28-7)67(16,17)52-57)62-71-55(9)70-61(75-62)78(43-34-26-5)56-49-64(10,11)81(84-46-27-6)65(12,13)50-56;1-16-21-28-52(15)41-48-42(53(30-22-17-2)31-23-18-3)50-43(49-41)54(40-37-46(10,11)56(58-34-20-5)47(12,13)38-40)32-27-25-24-26-29-51(14)39-35-44(6,7)55(57-33-19-4)45(8,9)36-39/h56-58H,22-54H2,1-21H3;39-40H,16-38H2,1-15H3. The van der Waals surface area contributed by atoms with E-state index in [0.717, 1.165) is 390 Å². The summed E-state index contributed by atoms with van der Waals surface area (Å²) in [7, 11) is 4.50. The lowest BCUT2D eigenvalue weighted by Crippen LogP contribution is -2.64. The first-order chi connectivity index (χ1) is 68.1. The van der Waals surface area contributed by atoms with Crippen molar-refractivity contribution in [3.05, 3.63) is 5.82 Å². The highest BCUT2D eigenvalue weighted by Gasteiger charge is 2.55. The first-order valence-corrected chi connectivity index (χ1v) is 59.2. The summed E-state index contributed by atoms with van der Waals surface area (Å²) in [6.45, 7) is 93.5. The molecule has 0 bridgehead atoms. The second-order valence-corrected chi connectivity index (χ2v) is 50.3. The van der Waals surface area contributed by atoms with Gasteiger partial charge in [0.15, 0.2) is 0 Å². The summed E-state index contributed by atoms with van der Waals surface area (Å²) in [6, 6.07) is 1.47. The molecule has 0 unspecified atom stereocenters. The van der Waals surface area contributed by atoms with Crippen molar-refractivity contribution in [3.8, 4) is 0 Å². The summed E-state index contributed by atoms with van der Waals surface area (Å²) < 4.78 is 0. The average Bonchev–Trinajstić information content (AvgIpc) is 0.782. The predicted molar refractivity (Wildman–Crippen MR) is 609 cm³/mol. The highest BCUT2D eigenvalue weighted by atomic mass is 16.7. The van der Waals surface area contributed by atoms with Crippen molar-refractivity contribution in [2.45, 2.75) is 571 Å². The van der Waals surface area contributed by atoms with E-state index in [1.807, 2.05) is 0 Å². The van der Waals surface area contributed by atoms with Crippen LogP contribution in [0.3, 0.4) is 0 Å². The second kappa shape index (κ2) is 59.3. The number of nitrogens with zero attached hydrogens (tertiary/aromatic N) is 23. The van der Waals surface area contributed by atoms with Gasteiger partial charge in [-0.2, -0.15) is 70.2 Å². The number of aryl methyl sites for hydroxylation is 1. The fraction of sp³-hybridized carbons (Fsp3) is 0.922. The highest BCUT2D eigenvalue weighted by Crippen LogP contribution is 2.49. The predicted octanol–water partition coefficient (Wildman–Crippen LogP) is 26.3. The molecule has 8 heterocycles. The van der Waals surface area contributed by atoms with Crippen molar-refractivity contribution >= 4 is 47.6 Å². The zero-order valence-electron chi connectivity index (χ0n) is 100. The first kappa shape index (κ1) is 126. The molecule has 0 aromatic carbocycles. The first-order valence-electron chi connectivity index (χ1n) is 59.2. The van der Waals surface area contributed by atoms with Crippen molar-refractivity contribution in [1.82, 2.24) is 75.1 Å². The molecule has 5 saturated heterocycles. The molecule has 144 heavy (non-hydrogen) atoms. The zero-order valence-corrected chi connectivity index (χ0v) is 100. The average molecular weight is 2020 g/mol. The molecule has 3 aromatic heterocycles. The van der Waals surface area contributed by atoms with Gasteiger partial charge in [0, 0.05) is 165 Å². The summed E-state index contributed by atoms with van der Waals surface area (Å²) in [5.41, 5.74) is -1.48. The lowest BCUT2D eigenvalue weighted by Gasteiger charge is -2.56. The molecule has 0 spiro atoms. The van der Waals surface area contributed by atoms with Crippen molar-refractivity contribution in [3.63, 3.8) is 0 Å². The van der Waals surface area contributed by atoms with Gasteiger partial charge in [0.05, 0.1) is 33.0 Å². The normalized spacial score (nSPS) is 19.9. The number of rotatable bonds is 66. The number of aromatic nitrogens is 9. The molecule has 834 valence electrons. The van der Waals surface area contributed by atoms with Crippen LogP contribution in [0.15, 0.2) is 0 Å². The Hall–Kier alpha value is -5.01. The minimum Gasteiger partial charge on any atom is -0.344 e. The fourth-order valence-corrected chi connectivity index (χ4v) is 24.9. The largest absolute Gasteiger partial charge is 0.344 e. The van der Waals surface area contributed by atoms with E-state index in [-0.39, 0.29) is 79.6 Å². The van der Waals surface area contributed by atoms with E-state index in [1.165, 1.54) is 19.3 Å². The van der Waals surface area contributed by atoms with Crippen LogP contribution < -0.4 is 39.2 Å². The van der Waals surface area contributed by atoms with Crippen LogP contribution in [0.2, 0.25) is 0 Å². The molecular weight excluding hydrogens is 1800 g/mol. The molecule has 0 N–H and O–H groups in total.